The van der Waals surface area contributed by atoms with E-state index >= 15 is 0 Å². The second-order valence-corrected chi connectivity index (χ2v) is 5.86. The van der Waals surface area contributed by atoms with E-state index in [1.807, 2.05) is 0 Å². The van der Waals surface area contributed by atoms with Crippen molar-refractivity contribution in [3.63, 3.8) is 0 Å². The molecule has 3 rings (SSSR count). The Morgan fingerprint density at radius 2 is 2.00 bits per heavy atom. The number of H-pyrrole nitrogens is 1. The lowest BCUT2D eigenvalue weighted by molar-refractivity contribution is 0.0167. The van der Waals surface area contributed by atoms with Crippen LogP contribution in [0.3, 0.4) is 0 Å². The fourth-order valence-electron chi connectivity index (χ4n) is 2.84. The number of amides is 2. The topological polar surface area (TPSA) is 82.3 Å². The van der Waals surface area contributed by atoms with Gasteiger partial charge in [0.15, 0.2) is 0 Å². The first kappa shape index (κ1) is 17.4. The second-order valence-electron chi connectivity index (χ2n) is 5.86. The standard InChI is InChI=1S/C17H22FN5O2/c18-14-3-1-13(2-4-14)16(23-7-9-25-10-8-23)12-20-17(24)19-11-15-5-6-21-22-15/h1-6,16H,7-12H2,(H,21,22)(H2,19,20,24)/t16-/m1/s1. The molecule has 1 aliphatic rings. The highest BCUT2D eigenvalue weighted by Crippen LogP contribution is 2.21. The van der Waals surface area contributed by atoms with Crippen molar-refractivity contribution >= 4 is 6.03 Å². The van der Waals surface area contributed by atoms with Crippen LogP contribution >= 0.6 is 0 Å². The highest BCUT2D eigenvalue weighted by molar-refractivity contribution is 5.73. The second kappa shape index (κ2) is 8.59. The lowest BCUT2D eigenvalue weighted by Gasteiger charge is -2.34. The van der Waals surface area contributed by atoms with Crippen molar-refractivity contribution in [3.05, 3.63) is 53.6 Å². The number of nitrogens with one attached hydrogen (secondary N) is 3. The summed E-state index contributed by atoms with van der Waals surface area (Å²) in [6.07, 6.45) is 1.64. The Labute approximate surface area is 145 Å². The first-order valence-corrected chi connectivity index (χ1v) is 8.29. The monoisotopic (exact) mass is 347 g/mol. The van der Waals surface area contributed by atoms with Gasteiger partial charge in [-0.3, -0.25) is 10.00 Å². The first-order chi connectivity index (χ1) is 12.2. The zero-order chi connectivity index (χ0) is 17.5. The molecular formula is C17H22FN5O2. The summed E-state index contributed by atoms with van der Waals surface area (Å²) in [6, 6.07) is 7.94. The smallest absolute Gasteiger partial charge is 0.315 e. The Balaban J connectivity index is 1.58. The van der Waals surface area contributed by atoms with E-state index in [9.17, 15) is 9.18 Å². The number of carbonyl (C=O) groups excluding carboxylic acids is 1. The van der Waals surface area contributed by atoms with Crippen molar-refractivity contribution in [1.29, 1.82) is 0 Å². The Morgan fingerprint density at radius 3 is 2.68 bits per heavy atom. The minimum absolute atomic E-state index is 0.0256. The lowest BCUT2D eigenvalue weighted by atomic mass is 10.0. The van der Waals surface area contributed by atoms with Gasteiger partial charge in [0.05, 0.1) is 31.5 Å². The van der Waals surface area contributed by atoms with E-state index in [4.69, 9.17) is 4.74 Å². The third-order valence-corrected chi connectivity index (χ3v) is 4.20. The molecule has 0 saturated carbocycles. The molecule has 1 aromatic carbocycles. The Morgan fingerprint density at radius 1 is 1.24 bits per heavy atom. The number of aromatic nitrogens is 2. The predicted octanol–water partition coefficient (Wildman–Crippen LogP) is 1.42. The third kappa shape index (κ3) is 5.01. The third-order valence-electron chi connectivity index (χ3n) is 4.20. The van der Waals surface area contributed by atoms with Crippen molar-refractivity contribution in [1.82, 2.24) is 25.7 Å². The van der Waals surface area contributed by atoms with Crippen molar-refractivity contribution in [3.8, 4) is 0 Å². The number of urea groups is 1. The number of aromatic amines is 1. The summed E-state index contributed by atoms with van der Waals surface area (Å²) in [5.74, 6) is -0.269. The number of nitrogens with zero attached hydrogens (tertiary/aromatic N) is 2. The van der Waals surface area contributed by atoms with Gasteiger partial charge in [-0.2, -0.15) is 5.10 Å². The van der Waals surface area contributed by atoms with Crippen LogP contribution in [-0.4, -0.2) is 54.0 Å². The number of hydrogen-bond donors (Lipinski definition) is 3. The molecule has 134 valence electrons. The number of morpholine rings is 1. The molecule has 25 heavy (non-hydrogen) atoms. The van der Waals surface area contributed by atoms with Crippen LogP contribution < -0.4 is 10.6 Å². The van der Waals surface area contributed by atoms with Gasteiger partial charge in [-0.15, -0.1) is 0 Å². The van der Waals surface area contributed by atoms with Crippen LogP contribution in [0.15, 0.2) is 36.5 Å². The van der Waals surface area contributed by atoms with Gasteiger partial charge in [0.1, 0.15) is 5.82 Å². The summed E-state index contributed by atoms with van der Waals surface area (Å²) in [5, 5.41) is 12.3. The number of ether oxygens (including phenoxy) is 1. The van der Waals surface area contributed by atoms with Crippen molar-refractivity contribution in [2.75, 3.05) is 32.8 Å². The van der Waals surface area contributed by atoms with Crippen molar-refractivity contribution < 1.29 is 13.9 Å². The number of benzene rings is 1. The van der Waals surface area contributed by atoms with Crippen LogP contribution in [-0.2, 0) is 11.3 Å². The highest BCUT2D eigenvalue weighted by atomic mass is 19.1. The molecule has 1 fully saturated rings. The molecule has 2 aromatic rings. The SMILES string of the molecule is O=C(NCc1ccn[nH]1)NC[C@H](c1ccc(F)cc1)N1CCOCC1. The van der Waals surface area contributed by atoms with E-state index in [1.165, 1.54) is 12.1 Å². The van der Waals surface area contributed by atoms with Gasteiger partial charge in [0, 0.05) is 25.8 Å². The van der Waals surface area contributed by atoms with E-state index in [-0.39, 0.29) is 17.9 Å². The quantitative estimate of drug-likeness (QED) is 0.738. The largest absolute Gasteiger partial charge is 0.379 e. The molecule has 0 spiro atoms. The van der Waals surface area contributed by atoms with E-state index in [1.54, 1.807) is 24.4 Å². The minimum Gasteiger partial charge on any atom is -0.379 e. The zero-order valence-corrected chi connectivity index (χ0v) is 13.9. The van der Waals surface area contributed by atoms with Gasteiger partial charge in [0.25, 0.3) is 0 Å². The molecule has 1 aromatic heterocycles. The minimum atomic E-state index is -0.269. The number of halogens is 1. The number of carbonyl (C=O) groups is 1. The molecule has 0 aliphatic carbocycles. The summed E-state index contributed by atoms with van der Waals surface area (Å²) in [7, 11) is 0. The molecule has 8 heteroatoms. The summed E-state index contributed by atoms with van der Waals surface area (Å²) in [5.41, 5.74) is 1.80. The van der Waals surface area contributed by atoms with Crippen LogP contribution in [0.25, 0.3) is 0 Å². The number of hydrogen-bond acceptors (Lipinski definition) is 4. The summed E-state index contributed by atoms with van der Waals surface area (Å²) in [6.45, 7) is 3.68. The van der Waals surface area contributed by atoms with Gasteiger partial charge >= 0.3 is 6.03 Å². The molecule has 2 heterocycles. The lowest BCUT2D eigenvalue weighted by Crippen LogP contribution is -2.45. The van der Waals surface area contributed by atoms with Crippen molar-refractivity contribution in [2.24, 2.45) is 0 Å². The number of rotatable bonds is 6. The Bertz CT molecular complexity index is 656. The van der Waals surface area contributed by atoms with E-state index < -0.39 is 0 Å². The average molecular weight is 347 g/mol. The average Bonchev–Trinajstić information content (AvgIpc) is 3.16. The molecule has 3 N–H and O–H groups in total. The van der Waals surface area contributed by atoms with Gasteiger partial charge in [-0.25, -0.2) is 9.18 Å². The molecule has 0 bridgehead atoms. The molecule has 0 unspecified atom stereocenters. The van der Waals surface area contributed by atoms with Gasteiger partial charge in [-0.1, -0.05) is 12.1 Å². The van der Waals surface area contributed by atoms with Crippen LogP contribution in [0, 0.1) is 5.82 Å². The Kier molecular flexibility index (Phi) is 5.97. The summed E-state index contributed by atoms with van der Waals surface area (Å²) in [4.78, 5) is 14.3. The van der Waals surface area contributed by atoms with Crippen molar-refractivity contribution in [2.45, 2.75) is 12.6 Å². The molecule has 1 saturated heterocycles. The maximum atomic E-state index is 13.2. The predicted molar refractivity (Wildman–Crippen MR) is 90.4 cm³/mol. The normalized spacial score (nSPS) is 16.4. The van der Waals surface area contributed by atoms with Crippen LogP contribution in [0.4, 0.5) is 9.18 Å². The van der Waals surface area contributed by atoms with Crippen LogP contribution in [0.1, 0.15) is 17.3 Å². The molecular weight excluding hydrogens is 325 g/mol. The molecule has 0 radical (unpaired) electrons. The summed E-state index contributed by atoms with van der Waals surface area (Å²) >= 11 is 0. The van der Waals surface area contributed by atoms with Gasteiger partial charge in [0.2, 0.25) is 0 Å². The molecule has 2 amide bonds. The highest BCUT2D eigenvalue weighted by Gasteiger charge is 2.23. The van der Waals surface area contributed by atoms with Gasteiger partial charge in [-0.05, 0) is 23.8 Å². The van der Waals surface area contributed by atoms with Crippen LogP contribution in [0.5, 0.6) is 0 Å². The molecule has 7 nitrogen and oxygen atoms in total. The Hall–Kier alpha value is -2.45. The molecule has 1 aliphatic heterocycles. The maximum absolute atomic E-state index is 13.2. The summed E-state index contributed by atoms with van der Waals surface area (Å²) < 4.78 is 18.6. The first-order valence-electron chi connectivity index (χ1n) is 8.29. The van der Waals surface area contributed by atoms with E-state index in [2.05, 4.69) is 25.7 Å². The fraction of sp³-hybridized carbons (Fsp3) is 0.412. The van der Waals surface area contributed by atoms with Gasteiger partial charge < -0.3 is 15.4 Å². The fourth-order valence-corrected chi connectivity index (χ4v) is 2.84. The van der Waals surface area contributed by atoms with Crippen LogP contribution in [0.2, 0.25) is 0 Å². The van der Waals surface area contributed by atoms with E-state index in [0.29, 0.717) is 26.3 Å². The van der Waals surface area contributed by atoms with E-state index in [0.717, 1.165) is 24.3 Å². The molecule has 1 atom stereocenters. The zero-order valence-electron chi connectivity index (χ0n) is 13.9. The maximum Gasteiger partial charge on any atom is 0.315 e.